The van der Waals surface area contributed by atoms with E-state index in [0.717, 1.165) is 22.3 Å². The third-order valence-electron chi connectivity index (χ3n) is 2.56. The Hall–Kier alpha value is 0.192. The predicted molar refractivity (Wildman–Crippen MR) is 91.5 cm³/mol. The van der Waals surface area contributed by atoms with Crippen LogP contribution in [0.3, 0.4) is 0 Å². The minimum atomic E-state index is -0.366. The van der Waals surface area contributed by atoms with E-state index in [0.29, 0.717) is 0 Å². The number of benzene rings is 2. The maximum atomic E-state index is 10.9. The van der Waals surface area contributed by atoms with Crippen molar-refractivity contribution >= 4 is 16.8 Å². The van der Waals surface area contributed by atoms with E-state index in [1.165, 1.54) is 0 Å². The zero-order valence-corrected chi connectivity index (χ0v) is 21.0. The first-order valence-corrected chi connectivity index (χ1v) is 7.72. The normalized spacial score (nSPS) is 8.09. The molecule has 1 radical (unpaired) electrons. The van der Waals surface area contributed by atoms with Gasteiger partial charge in [0.25, 0.3) is 0 Å². The molecule has 0 saturated heterocycles. The van der Waals surface area contributed by atoms with Gasteiger partial charge in [0.1, 0.15) is 0 Å². The third kappa shape index (κ3) is 10.6. The molecule has 0 fully saturated rings. The summed E-state index contributed by atoms with van der Waals surface area (Å²) in [5.41, 5.74) is 3.72. The summed E-state index contributed by atoms with van der Waals surface area (Å²) >= 11 is 5.41. The average Bonchev–Trinajstić information content (AvgIpc) is 2.54. The van der Waals surface area contributed by atoms with E-state index in [1.807, 2.05) is 71.0 Å². The molecule has 0 aliphatic carbocycles. The van der Waals surface area contributed by atoms with Crippen molar-refractivity contribution in [2.45, 2.75) is 41.0 Å². The zero-order chi connectivity index (χ0) is 16.3. The van der Waals surface area contributed by atoms with Crippen LogP contribution >= 0.6 is 11.6 Å². The van der Waals surface area contributed by atoms with Gasteiger partial charge < -0.3 is 0 Å². The molecule has 2 aromatic carbocycles. The Balaban J connectivity index is -0.000000619. The van der Waals surface area contributed by atoms with Gasteiger partial charge in [-0.2, -0.15) is 5.56 Å². The zero-order valence-electron chi connectivity index (χ0n) is 14.4. The molecule has 0 N–H and O–H groups in total. The molecule has 23 heavy (non-hydrogen) atoms. The van der Waals surface area contributed by atoms with Gasteiger partial charge in [-0.15, -0.1) is 19.1 Å². The van der Waals surface area contributed by atoms with Gasteiger partial charge in [0.2, 0.25) is 5.24 Å². The maximum Gasteiger partial charge on any atom is 0.222 e. The summed E-state index contributed by atoms with van der Waals surface area (Å²) in [5.74, 6) is 0. The number of halogens is 1. The first-order chi connectivity index (χ1) is 10.2. The van der Waals surface area contributed by atoms with Gasteiger partial charge in [-0.3, -0.25) is 22.5 Å². The molecule has 0 unspecified atom stereocenters. The number of hydrogen-bond donors (Lipinski definition) is 0. The van der Waals surface area contributed by atoms with Crippen LogP contribution in [-0.2, 0) is 65.0 Å². The molecule has 0 aromatic heterocycles. The van der Waals surface area contributed by atoms with E-state index in [2.05, 4.69) is 12.1 Å². The van der Waals surface area contributed by atoms with Crippen LogP contribution in [0.25, 0.3) is 11.1 Å². The van der Waals surface area contributed by atoms with Crippen molar-refractivity contribution in [1.29, 1.82) is 0 Å². The number of carbonyl (C=O) groups excluding carboxylic acids is 1. The Morgan fingerprint density at radius 3 is 2.09 bits per heavy atom. The number of aryl methyl sites for hydroxylation is 1. The molecule has 0 heterocycles. The van der Waals surface area contributed by atoms with Crippen LogP contribution in [0, 0.1) is 19.1 Å². The van der Waals surface area contributed by atoms with Gasteiger partial charge in [-0.25, -0.2) is 17.2 Å². The molecule has 2 aromatic rings. The summed E-state index contributed by atoms with van der Waals surface area (Å²) in [6, 6.07) is 18.1. The maximum absolute atomic E-state index is 10.9. The Labute approximate surface area is 185 Å². The molecule has 0 bridgehead atoms. The van der Waals surface area contributed by atoms with E-state index < -0.39 is 0 Å². The van der Waals surface area contributed by atoms with Crippen LogP contribution in [0.4, 0.5) is 0 Å². The van der Waals surface area contributed by atoms with Crippen molar-refractivity contribution in [1.82, 2.24) is 0 Å². The van der Waals surface area contributed by atoms with Crippen LogP contribution in [0.2, 0.25) is 0 Å². The quantitative estimate of drug-likeness (QED) is 0.343. The molecular formula is C19H23ClOWY-2. The van der Waals surface area contributed by atoms with Gasteiger partial charge in [-0.05, 0) is 11.6 Å². The van der Waals surface area contributed by atoms with Crippen molar-refractivity contribution < 1.29 is 58.6 Å². The minimum Gasteiger partial charge on any atom is -0.286 e. The minimum absolute atomic E-state index is 0. The predicted octanol–water partition coefficient (Wildman–Crippen LogP) is 5.62. The SMILES string of the molecule is CC.CC.Cc1c[c-]c(-c2ccccc2)[c-]c1CC(=O)Cl.[W].[Y]. The van der Waals surface area contributed by atoms with Gasteiger partial charge in [0, 0.05) is 60.2 Å². The second kappa shape index (κ2) is 17.0. The second-order valence-electron chi connectivity index (χ2n) is 3.85. The van der Waals surface area contributed by atoms with Crippen molar-refractivity contribution in [3.8, 4) is 11.1 Å². The molecule has 0 aliphatic heterocycles. The molecule has 0 aliphatic rings. The van der Waals surface area contributed by atoms with Crippen LogP contribution in [0.15, 0.2) is 36.4 Å². The van der Waals surface area contributed by atoms with E-state index >= 15 is 0 Å². The van der Waals surface area contributed by atoms with Crippen LogP contribution in [0.1, 0.15) is 38.8 Å². The standard InChI is InChI=1S/C15H11ClO.2C2H6.W.Y/c1-11-7-8-13(9-14(11)10-15(16)17)12-5-3-2-4-6-12;2*1-2;;/h2-7H,10H2,1H3;2*1-2H3;;/q-2;;;;. The number of rotatable bonds is 3. The fourth-order valence-electron chi connectivity index (χ4n) is 1.64. The second-order valence-corrected chi connectivity index (χ2v) is 4.27. The number of hydrogen-bond acceptors (Lipinski definition) is 1. The van der Waals surface area contributed by atoms with Crippen LogP contribution in [0.5, 0.6) is 0 Å². The summed E-state index contributed by atoms with van der Waals surface area (Å²) in [6.45, 7) is 9.93. The molecule has 1 nitrogen and oxygen atoms in total. The van der Waals surface area contributed by atoms with E-state index in [-0.39, 0.29) is 65.4 Å². The largest absolute Gasteiger partial charge is 0.286 e. The van der Waals surface area contributed by atoms with Crippen LogP contribution in [-0.4, -0.2) is 5.24 Å². The van der Waals surface area contributed by atoms with E-state index in [9.17, 15) is 4.79 Å². The molecule has 123 valence electrons. The van der Waals surface area contributed by atoms with Crippen LogP contribution < -0.4 is 0 Å². The molecule has 0 amide bonds. The molecule has 2 rings (SSSR count). The molecule has 0 saturated carbocycles. The topological polar surface area (TPSA) is 17.1 Å². The summed E-state index contributed by atoms with van der Waals surface area (Å²) < 4.78 is 0. The van der Waals surface area contributed by atoms with E-state index in [4.69, 9.17) is 11.6 Å². The Morgan fingerprint density at radius 1 is 1.09 bits per heavy atom. The van der Waals surface area contributed by atoms with Gasteiger partial charge in [0.15, 0.2) is 0 Å². The molecule has 0 atom stereocenters. The third-order valence-corrected chi connectivity index (χ3v) is 2.70. The first kappa shape index (κ1) is 28.0. The van der Waals surface area contributed by atoms with Gasteiger partial charge >= 0.3 is 0 Å². The van der Waals surface area contributed by atoms with E-state index in [1.54, 1.807) is 0 Å². The Bertz CT molecular complexity index is 544. The molecule has 0 spiro atoms. The van der Waals surface area contributed by atoms with Crippen molar-refractivity contribution in [3.63, 3.8) is 0 Å². The van der Waals surface area contributed by atoms with Crippen molar-refractivity contribution in [3.05, 3.63) is 59.7 Å². The average molecular weight is 576 g/mol. The summed E-state index contributed by atoms with van der Waals surface area (Å²) in [4.78, 5) is 10.9. The van der Waals surface area contributed by atoms with Crippen molar-refractivity contribution in [2.24, 2.45) is 0 Å². The summed E-state index contributed by atoms with van der Waals surface area (Å²) in [7, 11) is 0. The Kier molecular flexibility index (Phi) is 20.7. The number of carbonyl (C=O) groups is 1. The molecule has 4 heteroatoms. The monoisotopic (exact) mass is 575 g/mol. The first-order valence-electron chi connectivity index (χ1n) is 7.34. The van der Waals surface area contributed by atoms with Crippen molar-refractivity contribution in [2.75, 3.05) is 0 Å². The van der Waals surface area contributed by atoms with Gasteiger partial charge in [0.05, 0.1) is 0 Å². The van der Waals surface area contributed by atoms with Gasteiger partial charge in [-0.1, -0.05) is 45.9 Å². The smallest absolute Gasteiger partial charge is 0.222 e. The fourth-order valence-corrected chi connectivity index (χ4v) is 1.77. The fraction of sp³-hybridized carbons (Fsp3) is 0.316. The molecular weight excluding hydrogens is 552 g/mol. The Morgan fingerprint density at radius 2 is 1.61 bits per heavy atom. The summed E-state index contributed by atoms with van der Waals surface area (Å²) in [6.07, 6.45) is 0.210. The summed E-state index contributed by atoms with van der Waals surface area (Å²) in [5, 5.41) is -0.366.